The number of nitrogens with one attached hydrogen (secondary N) is 3. The molecule has 0 unspecified atom stereocenters. The lowest BCUT2D eigenvalue weighted by Crippen LogP contribution is -2.57. The van der Waals surface area contributed by atoms with E-state index in [9.17, 15) is 28.8 Å². The summed E-state index contributed by atoms with van der Waals surface area (Å²) in [6.45, 7) is 5.66. The molecule has 0 bridgehead atoms. The van der Waals surface area contributed by atoms with E-state index in [1.54, 1.807) is 48.5 Å². The van der Waals surface area contributed by atoms with E-state index in [-0.39, 0.29) is 24.6 Å². The van der Waals surface area contributed by atoms with Gasteiger partial charge >= 0.3 is 0 Å². The van der Waals surface area contributed by atoms with Crippen LogP contribution in [0.25, 0.3) is 10.9 Å². The number of carbonyl (C=O) groups is 6. The molecule has 3 aromatic rings. The first-order chi connectivity index (χ1) is 21.3. The Morgan fingerprint density at radius 2 is 1.60 bits per heavy atom. The first-order valence-corrected chi connectivity index (χ1v) is 14.8. The maximum atomic E-state index is 13.7. The van der Waals surface area contributed by atoms with Crippen molar-refractivity contribution in [3.05, 3.63) is 78.0 Å². The number of para-hydroxylation sites is 1. The third kappa shape index (κ3) is 8.71. The summed E-state index contributed by atoms with van der Waals surface area (Å²) in [5.41, 5.74) is 6.09. The van der Waals surface area contributed by atoms with Gasteiger partial charge in [-0.3, -0.25) is 28.8 Å². The molecule has 5 amide bonds. The maximum absolute atomic E-state index is 13.7. The quantitative estimate of drug-likeness (QED) is 0.236. The molecule has 1 aliphatic rings. The number of primary amides is 1. The van der Waals surface area contributed by atoms with Crippen molar-refractivity contribution in [2.24, 2.45) is 5.73 Å². The molecule has 12 nitrogen and oxygen atoms in total. The summed E-state index contributed by atoms with van der Waals surface area (Å²) in [4.78, 5) is 84.3. The lowest BCUT2D eigenvalue weighted by atomic mass is 10.00. The van der Waals surface area contributed by atoms with Crippen LogP contribution in [-0.4, -0.2) is 75.4 Å². The summed E-state index contributed by atoms with van der Waals surface area (Å²) in [6.07, 6.45) is 0.318. The van der Waals surface area contributed by atoms with Gasteiger partial charge < -0.3 is 26.6 Å². The third-order valence-electron chi connectivity index (χ3n) is 7.30. The largest absolute Gasteiger partial charge is 0.370 e. The van der Waals surface area contributed by atoms with Crippen LogP contribution in [-0.2, 0) is 30.4 Å². The average molecular weight is 615 g/mol. The van der Waals surface area contributed by atoms with Crippen LogP contribution < -0.4 is 21.7 Å². The molecule has 45 heavy (non-hydrogen) atoms. The van der Waals surface area contributed by atoms with E-state index < -0.39 is 59.5 Å². The standard InChI is InChI=1S/C33H38N6O6/c1-33(2,3)38-31(44)26-14-9-17-39(26)32(45)28(41)24(18-20-10-5-4-6-11-20)36-30(43)25(19-27(34)40)37-29(42)23-16-15-21-12-7-8-13-22(21)35-23/h4-8,10-13,15-16,24-26H,9,14,17-19H2,1-3H3,(H2,34,40)(H,36,43)(H,37,42)(H,38,44)/t24-,25-,26-/m0/s1. The second kappa shape index (κ2) is 14.1. The minimum absolute atomic E-state index is 0.0108. The Kier molecular flexibility index (Phi) is 10.3. The van der Waals surface area contributed by atoms with Crippen LogP contribution in [0.4, 0.5) is 0 Å². The first-order valence-electron chi connectivity index (χ1n) is 14.8. The van der Waals surface area contributed by atoms with Crippen molar-refractivity contribution in [3.8, 4) is 0 Å². The van der Waals surface area contributed by atoms with Crippen LogP contribution in [0.2, 0.25) is 0 Å². The molecule has 0 radical (unpaired) electrons. The lowest BCUT2D eigenvalue weighted by Gasteiger charge is -2.29. The van der Waals surface area contributed by atoms with Crippen LogP contribution in [0.1, 0.15) is 56.1 Å². The van der Waals surface area contributed by atoms with Gasteiger partial charge in [0.15, 0.2) is 0 Å². The van der Waals surface area contributed by atoms with Crippen molar-refractivity contribution >= 4 is 46.2 Å². The summed E-state index contributed by atoms with van der Waals surface area (Å²) in [5, 5.41) is 8.72. The Morgan fingerprint density at radius 1 is 0.911 bits per heavy atom. The highest BCUT2D eigenvalue weighted by Gasteiger charge is 2.40. The van der Waals surface area contributed by atoms with Crippen LogP contribution in [0.3, 0.4) is 0 Å². The van der Waals surface area contributed by atoms with E-state index in [1.165, 1.54) is 11.0 Å². The van der Waals surface area contributed by atoms with E-state index >= 15 is 0 Å². The number of benzene rings is 2. The molecule has 236 valence electrons. The number of carbonyl (C=O) groups excluding carboxylic acids is 6. The fourth-order valence-corrected chi connectivity index (χ4v) is 5.19. The molecule has 5 N–H and O–H groups in total. The fraction of sp³-hybridized carbons (Fsp3) is 0.364. The highest BCUT2D eigenvalue weighted by molar-refractivity contribution is 6.38. The topological polar surface area (TPSA) is 181 Å². The molecular formula is C33H38N6O6. The predicted octanol–water partition coefficient (Wildman–Crippen LogP) is 1.41. The Morgan fingerprint density at radius 3 is 2.29 bits per heavy atom. The average Bonchev–Trinajstić information content (AvgIpc) is 3.49. The number of aromatic nitrogens is 1. The van der Waals surface area contributed by atoms with E-state index in [4.69, 9.17) is 5.73 Å². The zero-order chi connectivity index (χ0) is 32.7. The van der Waals surface area contributed by atoms with E-state index in [0.717, 1.165) is 5.39 Å². The van der Waals surface area contributed by atoms with Crippen LogP contribution in [0.5, 0.6) is 0 Å². The minimum atomic E-state index is -1.46. The van der Waals surface area contributed by atoms with Crippen molar-refractivity contribution in [2.45, 2.75) is 70.1 Å². The van der Waals surface area contributed by atoms with Crippen molar-refractivity contribution in [2.75, 3.05) is 6.54 Å². The van der Waals surface area contributed by atoms with Gasteiger partial charge in [0.25, 0.3) is 11.8 Å². The molecule has 1 fully saturated rings. The highest BCUT2D eigenvalue weighted by Crippen LogP contribution is 2.20. The summed E-state index contributed by atoms with van der Waals surface area (Å²) >= 11 is 0. The number of hydrogen-bond acceptors (Lipinski definition) is 7. The number of Topliss-reactive ketones (excluding diaryl/α,β-unsaturated/α-hetero) is 1. The van der Waals surface area contributed by atoms with Gasteiger partial charge in [0.1, 0.15) is 23.8 Å². The summed E-state index contributed by atoms with van der Waals surface area (Å²) < 4.78 is 0. The third-order valence-corrected chi connectivity index (χ3v) is 7.30. The molecule has 2 heterocycles. The molecular weight excluding hydrogens is 576 g/mol. The molecule has 1 aromatic heterocycles. The Labute approximate surface area is 261 Å². The summed E-state index contributed by atoms with van der Waals surface area (Å²) in [6, 6.07) is 15.5. The van der Waals surface area contributed by atoms with Gasteiger partial charge in [0.2, 0.25) is 23.5 Å². The molecule has 1 saturated heterocycles. The molecule has 0 aliphatic carbocycles. The second-order valence-electron chi connectivity index (χ2n) is 12.1. The zero-order valence-electron chi connectivity index (χ0n) is 25.5. The zero-order valence-corrected chi connectivity index (χ0v) is 25.5. The number of pyridine rings is 1. The van der Waals surface area contributed by atoms with Crippen molar-refractivity contribution in [1.29, 1.82) is 0 Å². The van der Waals surface area contributed by atoms with Crippen LogP contribution in [0, 0.1) is 0 Å². The number of nitrogens with zero attached hydrogens (tertiary/aromatic N) is 2. The Bertz CT molecular complexity index is 1600. The van der Waals surface area contributed by atoms with Gasteiger partial charge in [-0.15, -0.1) is 0 Å². The molecule has 4 rings (SSSR count). The smallest absolute Gasteiger partial charge is 0.292 e. The van der Waals surface area contributed by atoms with E-state index in [1.807, 2.05) is 32.9 Å². The van der Waals surface area contributed by atoms with Gasteiger partial charge in [-0.1, -0.05) is 54.6 Å². The number of ketones is 1. The van der Waals surface area contributed by atoms with Crippen molar-refractivity contribution in [1.82, 2.24) is 25.8 Å². The summed E-state index contributed by atoms with van der Waals surface area (Å²) in [5.74, 6) is -4.67. The Hall–Kier alpha value is -5.13. The molecule has 3 atom stereocenters. The number of likely N-dealkylation sites (tertiary alicyclic amines) is 1. The van der Waals surface area contributed by atoms with Gasteiger partial charge in [-0.25, -0.2) is 4.98 Å². The van der Waals surface area contributed by atoms with Gasteiger partial charge in [-0.2, -0.15) is 0 Å². The monoisotopic (exact) mass is 614 g/mol. The SMILES string of the molecule is CC(C)(C)NC(=O)[C@@H]1CCCN1C(=O)C(=O)[C@H](Cc1ccccc1)NC(=O)[C@H](CC(N)=O)NC(=O)c1ccc2ccccc2n1. The predicted molar refractivity (Wildman–Crippen MR) is 167 cm³/mol. The van der Waals surface area contributed by atoms with E-state index in [0.29, 0.717) is 23.9 Å². The van der Waals surface area contributed by atoms with Crippen LogP contribution in [0.15, 0.2) is 66.7 Å². The molecule has 12 heteroatoms. The number of rotatable bonds is 11. The number of nitrogens with two attached hydrogens (primary N) is 1. The van der Waals surface area contributed by atoms with Crippen molar-refractivity contribution < 1.29 is 28.8 Å². The molecule has 0 saturated carbocycles. The Balaban J connectivity index is 1.55. The maximum Gasteiger partial charge on any atom is 0.292 e. The van der Waals surface area contributed by atoms with Gasteiger partial charge in [-0.05, 0) is 51.3 Å². The second-order valence-corrected chi connectivity index (χ2v) is 12.1. The highest BCUT2D eigenvalue weighted by atomic mass is 16.2. The van der Waals surface area contributed by atoms with E-state index in [2.05, 4.69) is 20.9 Å². The fourth-order valence-electron chi connectivity index (χ4n) is 5.19. The number of fused-ring (bicyclic) bond motifs is 1. The molecule has 1 aliphatic heterocycles. The minimum Gasteiger partial charge on any atom is -0.370 e. The number of amides is 5. The molecule has 2 aromatic carbocycles. The summed E-state index contributed by atoms with van der Waals surface area (Å²) in [7, 11) is 0. The normalized spacial score (nSPS) is 16.0. The lowest BCUT2D eigenvalue weighted by molar-refractivity contribution is -0.149. The van der Waals surface area contributed by atoms with Gasteiger partial charge in [0.05, 0.1) is 11.9 Å². The number of hydrogen-bond donors (Lipinski definition) is 4. The van der Waals surface area contributed by atoms with Crippen molar-refractivity contribution in [3.63, 3.8) is 0 Å². The first kappa shape index (κ1) is 32.8. The van der Waals surface area contributed by atoms with Gasteiger partial charge in [0, 0.05) is 23.9 Å². The van der Waals surface area contributed by atoms with Crippen LogP contribution >= 0.6 is 0 Å². The molecule has 0 spiro atoms.